The highest BCUT2D eigenvalue weighted by molar-refractivity contribution is 7.94. The first-order valence-corrected chi connectivity index (χ1v) is 9.14. The van der Waals surface area contributed by atoms with Gasteiger partial charge < -0.3 is 4.74 Å². The van der Waals surface area contributed by atoms with Gasteiger partial charge in [-0.25, -0.2) is 13.2 Å². The van der Waals surface area contributed by atoms with Crippen molar-refractivity contribution in [2.45, 2.75) is 11.1 Å². The van der Waals surface area contributed by atoms with E-state index in [2.05, 4.69) is 4.72 Å². The third-order valence-corrected chi connectivity index (χ3v) is 6.26. The number of nitrogens with one attached hydrogen (secondary N) is 1. The fraction of sp³-hybridized carbons (Fsp3) is 0.154. The lowest BCUT2D eigenvalue weighted by molar-refractivity contribution is 0.0526. The highest BCUT2D eigenvalue weighted by Gasteiger charge is 2.19. The first-order chi connectivity index (χ1) is 10.3. The first kappa shape index (κ1) is 17.1. The Hall–Kier alpha value is -1.28. The van der Waals surface area contributed by atoms with Crippen LogP contribution in [0.5, 0.6) is 0 Å². The van der Waals surface area contributed by atoms with Crippen LogP contribution in [0.15, 0.2) is 34.5 Å². The summed E-state index contributed by atoms with van der Waals surface area (Å²) in [4.78, 5) is 11.5. The van der Waals surface area contributed by atoms with Crippen molar-refractivity contribution >= 4 is 56.2 Å². The van der Waals surface area contributed by atoms with Crippen LogP contribution >= 0.6 is 34.5 Å². The van der Waals surface area contributed by atoms with E-state index in [1.807, 2.05) is 0 Å². The minimum Gasteiger partial charge on any atom is -0.462 e. The molecule has 1 heterocycles. The van der Waals surface area contributed by atoms with Gasteiger partial charge in [-0.1, -0.05) is 23.2 Å². The Morgan fingerprint density at radius 1 is 1.27 bits per heavy atom. The van der Waals surface area contributed by atoms with Crippen LogP contribution in [0.3, 0.4) is 0 Å². The van der Waals surface area contributed by atoms with Crippen molar-refractivity contribution in [3.63, 3.8) is 0 Å². The zero-order chi connectivity index (χ0) is 16.3. The molecule has 2 rings (SSSR count). The monoisotopic (exact) mass is 379 g/mol. The van der Waals surface area contributed by atoms with E-state index < -0.39 is 16.0 Å². The van der Waals surface area contributed by atoms with Crippen LogP contribution in [-0.4, -0.2) is 21.0 Å². The van der Waals surface area contributed by atoms with Crippen molar-refractivity contribution in [1.82, 2.24) is 0 Å². The largest absolute Gasteiger partial charge is 0.462 e. The van der Waals surface area contributed by atoms with Gasteiger partial charge in [0.1, 0.15) is 8.55 Å². The normalized spacial score (nSPS) is 11.2. The summed E-state index contributed by atoms with van der Waals surface area (Å²) in [6.45, 7) is 1.98. The second kappa shape index (κ2) is 6.87. The molecular weight excluding hydrogens is 369 g/mol. The average Bonchev–Trinajstić information content (AvgIpc) is 2.80. The van der Waals surface area contributed by atoms with Gasteiger partial charge in [-0.3, -0.25) is 4.72 Å². The number of halogens is 2. The molecule has 0 saturated carbocycles. The van der Waals surface area contributed by atoms with E-state index in [0.717, 1.165) is 11.3 Å². The minimum atomic E-state index is -3.77. The predicted molar refractivity (Wildman–Crippen MR) is 87.5 cm³/mol. The number of carbonyl (C=O) groups excluding carboxylic acids is 1. The summed E-state index contributed by atoms with van der Waals surface area (Å²) >= 11 is 12.4. The Kier molecular flexibility index (Phi) is 5.33. The molecule has 9 heteroatoms. The molecule has 0 fully saturated rings. The van der Waals surface area contributed by atoms with E-state index in [1.54, 1.807) is 6.92 Å². The van der Waals surface area contributed by atoms with Crippen molar-refractivity contribution in [3.8, 4) is 0 Å². The minimum absolute atomic E-state index is 0.0111. The molecule has 0 amide bonds. The van der Waals surface area contributed by atoms with Crippen LogP contribution < -0.4 is 4.72 Å². The lowest BCUT2D eigenvalue weighted by atomic mass is 10.2. The molecule has 0 aliphatic carbocycles. The Morgan fingerprint density at radius 3 is 2.41 bits per heavy atom. The maximum absolute atomic E-state index is 12.2. The van der Waals surface area contributed by atoms with E-state index in [9.17, 15) is 13.2 Å². The molecule has 1 aromatic carbocycles. The second-order valence-electron chi connectivity index (χ2n) is 4.09. The molecule has 0 spiro atoms. The second-order valence-corrected chi connectivity index (χ2v) is 8.06. The molecule has 0 unspecified atom stereocenters. The van der Waals surface area contributed by atoms with E-state index in [-0.39, 0.29) is 20.2 Å². The van der Waals surface area contributed by atoms with Crippen molar-refractivity contribution in [1.29, 1.82) is 0 Å². The van der Waals surface area contributed by atoms with Crippen LogP contribution in [0, 0.1) is 0 Å². The molecule has 0 atom stereocenters. The number of sulfonamides is 1. The lowest BCUT2D eigenvalue weighted by Crippen LogP contribution is -2.11. The van der Waals surface area contributed by atoms with Gasteiger partial charge in [0.25, 0.3) is 10.0 Å². The Morgan fingerprint density at radius 2 is 1.91 bits per heavy atom. The number of esters is 1. The molecule has 1 aromatic heterocycles. The molecule has 0 aliphatic rings. The number of benzene rings is 1. The molecule has 0 aliphatic heterocycles. The number of ether oxygens (including phenoxy) is 1. The Bertz CT molecular complexity index is 765. The maximum atomic E-state index is 12.2. The molecule has 2 aromatic rings. The van der Waals surface area contributed by atoms with Crippen molar-refractivity contribution < 1.29 is 17.9 Å². The van der Waals surface area contributed by atoms with Crippen molar-refractivity contribution in [3.05, 3.63) is 45.3 Å². The number of thiophene rings is 1. The molecule has 0 radical (unpaired) electrons. The summed E-state index contributed by atoms with van der Waals surface area (Å²) in [6, 6.07) is 7.18. The molecular formula is C13H11Cl2NO4S2. The number of hydrogen-bond donors (Lipinski definition) is 1. The van der Waals surface area contributed by atoms with Gasteiger partial charge in [-0.05, 0) is 37.3 Å². The zero-order valence-electron chi connectivity index (χ0n) is 11.3. The standard InChI is InChI=1S/C13H11Cl2NO4S2/c1-2-20-13(17)8-3-5-9(6-4-8)16-22(18,19)11-7-10(14)12(15)21-11/h3-7,16H,2H2,1H3. The van der Waals surface area contributed by atoms with Crippen molar-refractivity contribution in [2.24, 2.45) is 0 Å². The van der Waals surface area contributed by atoms with Crippen LogP contribution in [0.25, 0.3) is 0 Å². The lowest BCUT2D eigenvalue weighted by Gasteiger charge is -2.07. The van der Waals surface area contributed by atoms with E-state index in [4.69, 9.17) is 27.9 Å². The molecule has 1 N–H and O–H groups in total. The third kappa shape index (κ3) is 3.92. The van der Waals surface area contributed by atoms with Crippen molar-refractivity contribution in [2.75, 3.05) is 11.3 Å². The Labute approximate surface area is 141 Å². The number of anilines is 1. The van der Waals surface area contributed by atoms with Gasteiger partial charge in [-0.2, -0.15) is 0 Å². The zero-order valence-corrected chi connectivity index (χ0v) is 14.4. The van der Waals surface area contributed by atoms with E-state index in [0.29, 0.717) is 11.3 Å². The summed E-state index contributed by atoms with van der Waals surface area (Å²) in [6.07, 6.45) is 0. The fourth-order valence-corrected chi connectivity index (χ4v) is 4.49. The summed E-state index contributed by atoms with van der Waals surface area (Å²) in [7, 11) is -3.77. The first-order valence-electron chi connectivity index (χ1n) is 6.08. The highest BCUT2D eigenvalue weighted by atomic mass is 35.5. The molecule has 22 heavy (non-hydrogen) atoms. The van der Waals surface area contributed by atoms with Crippen LogP contribution in [-0.2, 0) is 14.8 Å². The van der Waals surface area contributed by atoms with Crippen LogP contribution in [0.1, 0.15) is 17.3 Å². The smallest absolute Gasteiger partial charge is 0.338 e. The average molecular weight is 380 g/mol. The van der Waals surface area contributed by atoms with Crippen LogP contribution in [0.4, 0.5) is 5.69 Å². The molecule has 5 nitrogen and oxygen atoms in total. The number of rotatable bonds is 5. The summed E-state index contributed by atoms with van der Waals surface area (Å²) in [5, 5.41) is 0.185. The van der Waals surface area contributed by atoms with E-state index in [1.165, 1.54) is 30.3 Å². The fourth-order valence-electron chi connectivity index (χ4n) is 1.55. The highest BCUT2D eigenvalue weighted by Crippen LogP contribution is 2.35. The quantitative estimate of drug-likeness (QED) is 0.795. The summed E-state index contributed by atoms with van der Waals surface area (Å²) in [5.74, 6) is -0.464. The maximum Gasteiger partial charge on any atom is 0.338 e. The SMILES string of the molecule is CCOC(=O)c1ccc(NS(=O)(=O)c2cc(Cl)c(Cl)s2)cc1. The summed E-state index contributed by atoms with van der Waals surface area (Å²) in [5.41, 5.74) is 0.653. The van der Waals surface area contributed by atoms with E-state index >= 15 is 0 Å². The van der Waals surface area contributed by atoms with Gasteiger partial charge in [0, 0.05) is 5.69 Å². The van der Waals surface area contributed by atoms with Crippen LogP contribution in [0.2, 0.25) is 9.36 Å². The molecule has 118 valence electrons. The predicted octanol–water partition coefficient (Wildman–Crippen LogP) is 4.03. The molecule has 0 saturated heterocycles. The third-order valence-electron chi connectivity index (χ3n) is 2.54. The number of carbonyl (C=O) groups is 1. The topological polar surface area (TPSA) is 72.5 Å². The van der Waals surface area contributed by atoms with Gasteiger partial charge in [-0.15, -0.1) is 11.3 Å². The van der Waals surface area contributed by atoms with Gasteiger partial charge in [0.2, 0.25) is 0 Å². The van der Waals surface area contributed by atoms with Gasteiger partial charge in [0.05, 0.1) is 17.2 Å². The number of hydrogen-bond acceptors (Lipinski definition) is 5. The van der Waals surface area contributed by atoms with Gasteiger partial charge >= 0.3 is 5.97 Å². The van der Waals surface area contributed by atoms with Gasteiger partial charge in [0.15, 0.2) is 0 Å². The summed E-state index contributed by atoms with van der Waals surface area (Å²) < 4.78 is 31.8. The Balaban J connectivity index is 2.18. The molecule has 0 bridgehead atoms.